The van der Waals surface area contributed by atoms with Gasteiger partial charge in [0.1, 0.15) is 5.82 Å². The van der Waals surface area contributed by atoms with E-state index in [0.29, 0.717) is 10.9 Å². The van der Waals surface area contributed by atoms with Gasteiger partial charge in [0.15, 0.2) is 0 Å². The minimum absolute atomic E-state index is 0.575. The third-order valence-electron chi connectivity index (χ3n) is 3.38. The molecule has 0 aromatic carbocycles. The van der Waals surface area contributed by atoms with Gasteiger partial charge in [0.2, 0.25) is 5.13 Å². The average molecular weight is 318 g/mol. The molecule has 0 spiro atoms. The summed E-state index contributed by atoms with van der Waals surface area (Å²) in [6, 6.07) is 0.575. The van der Waals surface area contributed by atoms with Crippen LogP contribution < -0.4 is 4.90 Å². The molecule has 2 rings (SSSR count). The fourth-order valence-corrected chi connectivity index (χ4v) is 4.03. The van der Waals surface area contributed by atoms with E-state index >= 15 is 0 Å². The van der Waals surface area contributed by atoms with Gasteiger partial charge in [-0.3, -0.25) is 0 Å². The molecule has 1 fully saturated rings. The number of hydrogen-bond donors (Lipinski definition) is 0. The van der Waals surface area contributed by atoms with Crippen molar-refractivity contribution in [3.8, 4) is 0 Å². The summed E-state index contributed by atoms with van der Waals surface area (Å²) >= 11 is 5.34. The van der Waals surface area contributed by atoms with Crippen LogP contribution in [-0.2, 0) is 6.42 Å². The Morgan fingerprint density at radius 2 is 2.18 bits per heavy atom. The van der Waals surface area contributed by atoms with Crippen molar-refractivity contribution in [1.82, 2.24) is 9.36 Å². The Morgan fingerprint density at radius 1 is 1.41 bits per heavy atom. The van der Waals surface area contributed by atoms with Crippen LogP contribution in [0.3, 0.4) is 0 Å². The van der Waals surface area contributed by atoms with Gasteiger partial charge in [-0.05, 0) is 19.3 Å². The molecule has 0 N–H and O–H groups in total. The van der Waals surface area contributed by atoms with Gasteiger partial charge in [0.25, 0.3) is 0 Å². The Bertz CT molecular complexity index is 355. The summed E-state index contributed by atoms with van der Waals surface area (Å²) in [6.07, 6.45) is 7.32. The Hall–Kier alpha value is -0.160. The summed E-state index contributed by atoms with van der Waals surface area (Å²) in [7, 11) is 2.15. The molecule has 1 aliphatic rings. The van der Waals surface area contributed by atoms with E-state index in [1.165, 1.54) is 37.2 Å². The number of hydrogen-bond acceptors (Lipinski definition) is 4. The van der Waals surface area contributed by atoms with Gasteiger partial charge >= 0.3 is 0 Å². The molecule has 0 saturated heterocycles. The van der Waals surface area contributed by atoms with Gasteiger partial charge < -0.3 is 4.90 Å². The highest BCUT2D eigenvalue weighted by molar-refractivity contribution is 9.09. The molecule has 1 aromatic rings. The highest BCUT2D eigenvalue weighted by Gasteiger charge is 2.28. The monoisotopic (exact) mass is 317 g/mol. The van der Waals surface area contributed by atoms with Crippen LogP contribution in [0.1, 0.15) is 44.9 Å². The van der Waals surface area contributed by atoms with Crippen LogP contribution in [0.2, 0.25) is 0 Å². The summed E-state index contributed by atoms with van der Waals surface area (Å²) in [5.74, 6) is 1.00. The minimum Gasteiger partial charge on any atom is -0.346 e. The van der Waals surface area contributed by atoms with Crippen molar-refractivity contribution in [2.75, 3.05) is 11.9 Å². The van der Waals surface area contributed by atoms with Crippen LogP contribution in [0.15, 0.2) is 0 Å². The first-order valence-electron chi connectivity index (χ1n) is 6.42. The third kappa shape index (κ3) is 3.19. The standard InChI is InChI=1S/C12H20BrN3S/c1-3-6-11-14-12(17-15-11)16(2)10-8-5-4-7-9(10)13/h9-10H,3-8H2,1-2H3. The number of aromatic nitrogens is 2. The van der Waals surface area contributed by atoms with Crippen molar-refractivity contribution in [3.63, 3.8) is 0 Å². The number of alkyl halides is 1. The fourth-order valence-electron chi connectivity index (χ4n) is 2.36. The summed E-state index contributed by atoms with van der Waals surface area (Å²) in [4.78, 5) is 7.53. The zero-order valence-corrected chi connectivity index (χ0v) is 12.9. The molecule has 96 valence electrons. The quantitative estimate of drug-likeness (QED) is 0.794. The molecule has 0 amide bonds. The van der Waals surface area contributed by atoms with E-state index in [0.717, 1.165) is 23.8 Å². The first kappa shape index (κ1) is 13.3. The second-order valence-electron chi connectivity index (χ2n) is 4.72. The maximum Gasteiger partial charge on any atom is 0.205 e. The third-order valence-corrected chi connectivity index (χ3v) is 5.29. The predicted octanol–water partition coefficient (Wildman–Crippen LogP) is 3.63. The van der Waals surface area contributed by atoms with Gasteiger partial charge in [0, 0.05) is 35.9 Å². The molecule has 3 nitrogen and oxygen atoms in total. The fraction of sp³-hybridized carbons (Fsp3) is 0.833. The average Bonchev–Trinajstić information content (AvgIpc) is 2.78. The SMILES string of the molecule is CCCc1nsc(N(C)C2CCCCC2Br)n1. The first-order chi connectivity index (χ1) is 8.22. The van der Waals surface area contributed by atoms with Crippen molar-refractivity contribution in [2.24, 2.45) is 0 Å². The van der Waals surface area contributed by atoms with E-state index in [9.17, 15) is 0 Å². The van der Waals surface area contributed by atoms with Crippen LogP contribution in [0.5, 0.6) is 0 Å². The van der Waals surface area contributed by atoms with Crippen molar-refractivity contribution in [1.29, 1.82) is 0 Å². The highest BCUT2D eigenvalue weighted by atomic mass is 79.9. The van der Waals surface area contributed by atoms with Crippen LogP contribution in [0.4, 0.5) is 5.13 Å². The molecule has 0 aliphatic heterocycles. The Balaban J connectivity index is 2.04. The molecule has 5 heteroatoms. The zero-order chi connectivity index (χ0) is 12.3. The van der Waals surface area contributed by atoms with Crippen LogP contribution in [-0.4, -0.2) is 27.3 Å². The van der Waals surface area contributed by atoms with E-state index in [1.54, 1.807) is 0 Å². The number of halogens is 1. The lowest BCUT2D eigenvalue weighted by Gasteiger charge is -2.34. The van der Waals surface area contributed by atoms with Crippen molar-refractivity contribution >= 4 is 32.6 Å². The Labute approximate surface area is 116 Å². The van der Waals surface area contributed by atoms with Crippen molar-refractivity contribution < 1.29 is 0 Å². The zero-order valence-electron chi connectivity index (χ0n) is 10.5. The molecular formula is C12H20BrN3S. The largest absolute Gasteiger partial charge is 0.346 e. The Kier molecular flexibility index (Phi) is 4.79. The summed E-state index contributed by atoms with van der Waals surface area (Å²) in [5.41, 5.74) is 0. The molecule has 2 atom stereocenters. The van der Waals surface area contributed by atoms with Gasteiger partial charge in [-0.1, -0.05) is 35.7 Å². The van der Waals surface area contributed by atoms with E-state index in [1.807, 2.05) is 0 Å². The predicted molar refractivity (Wildman–Crippen MR) is 77.3 cm³/mol. The van der Waals surface area contributed by atoms with Gasteiger partial charge in [-0.2, -0.15) is 4.37 Å². The lowest BCUT2D eigenvalue weighted by molar-refractivity contribution is 0.443. The summed E-state index contributed by atoms with van der Waals surface area (Å²) < 4.78 is 4.42. The van der Waals surface area contributed by atoms with Gasteiger partial charge in [-0.25, -0.2) is 4.98 Å². The lowest BCUT2D eigenvalue weighted by atomic mass is 9.94. The maximum absolute atomic E-state index is 4.62. The number of anilines is 1. The normalized spacial score (nSPS) is 24.9. The topological polar surface area (TPSA) is 29.0 Å². The number of nitrogens with zero attached hydrogens (tertiary/aromatic N) is 3. The minimum atomic E-state index is 0.575. The lowest BCUT2D eigenvalue weighted by Crippen LogP contribution is -2.40. The maximum atomic E-state index is 4.62. The van der Waals surface area contributed by atoms with E-state index in [2.05, 4.69) is 44.2 Å². The second-order valence-corrected chi connectivity index (χ2v) is 6.63. The van der Waals surface area contributed by atoms with E-state index in [4.69, 9.17) is 0 Å². The molecule has 17 heavy (non-hydrogen) atoms. The number of aryl methyl sites for hydroxylation is 1. The molecule has 0 bridgehead atoms. The molecular weight excluding hydrogens is 298 g/mol. The van der Waals surface area contributed by atoms with Gasteiger partial charge in [0.05, 0.1) is 0 Å². The molecule has 0 radical (unpaired) electrons. The van der Waals surface area contributed by atoms with Gasteiger partial charge in [-0.15, -0.1) is 0 Å². The Morgan fingerprint density at radius 3 is 2.88 bits per heavy atom. The van der Waals surface area contributed by atoms with Crippen molar-refractivity contribution in [2.45, 2.75) is 56.3 Å². The smallest absolute Gasteiger partial charge is 0.205 e. The van der Waals surface area contributed by atoms with E-state index in [-0.39, 0.29) is 0 Å². The molecule has 2 unspecified atom stereocenters. The highest BCUT2D eigenvalue weighted by Crippen LogP contribution is 2.31. The van der Waals surface area contributed by atoms with Crippen LogP contribution in [0.25, 0.3) is 0 Å². The van der Waals surface area contributed by atoms with Crippen LogP contribution in [0, 0.1) is 0 Å². The summed E-state index contributed by atoms with van der Waals surface area (Å²) in [5, 5.41) is 1.07. The second kappa shape index (κ2) is 6.14. The van der Waals surface area contributed by atoms with Crippen molar-refractivity contribution in [3.05, 3.63) is 5.82 Å². The summed E-state index contributed by atoms with van der Waals surface area (Å²) in [6.45, 7) is 2.17. The first-order valence-corrected chi connectivity index (χ1v) is 8.10. The number of rotatable bonds is 4. The molecule has 1 saturated carbocycles. The molecule has 1 heterocycles. The van der Waals surface area contributed by atoms with Crippen LogP contribution >= 0.6 is 27.5 Å². The molecule has 1 aromatic heterocycles. The molecule has 1 aliphatic carbocycles. The van der Waals surface area contributed by atoms with E-state index < -0.39 is 0 Å².